The van der Waals surface area contributed by atoms with Crippen molar-refractivity contribution in [3.63, 3.8) is 0 Å². The quantitative estimate of drug-likeness (QED) is 0.579. The van der Waals surface area contributed by atoms with E-state index in [-0.39, 0.29) is 5.91 Å². The fourth-order valence-corrected chi connectivity index (χ4v) is 1.62. The van der Waals surface area contributed by atoms with Gasteiger partial charge in [-0.05, 0) is 12.8 Å². The summed E-state index contributed by atoms with van der Waals surface area (Å²) in [6.07, 6.45) is 1.15. The zero-order chi connectivity index (χ0) is 12.6. The van der Waals surface area contributed by atoms with Gasteiger partial charge in [0, 0.05) is 26.9 Å². The van der Waals surface area contributed by atoms with Gasteiger partial charge in [-0.3, -0.25) is 4.79 Å². The maximum absolute atomic E-state index is 11.8. The average molecular weight is 246 g/mol. The van der Waals surface area contributed by atoms with E-state index in [0.717, 1.165) is 0 Å². The number of hydrogen-bond acceptors (Lipinski definition) is 5. The maximum Gasteiger partial charge on any atom is 0.240 e. The number of nitrogens with one attached hydrogen (secondary N) is 1. The SMILES string of the molecule is COCCOCCNC(=O)C1(N)CCOCC1. The molecule has 0 bridgehead atoms. The van der Waals surface area contributed by atoms with Crippen molar-refractivity contribution in [3.05, 3.63) is 0 Å². The molecule has 3 N–H and O–H groups in total. The number of hydrogen-bond donors (Lipinski definition) is 2. The third-order valence-electron chi connectivity index (χ3n) is 2.80. The van der Waals surface area contributed by atoms with Gasteiger partial charge in [0.15, 0.2) is 0 Å². The molecule has 17 heavy (non-hydrogen) atoms. The van der Waals surface area contributed by atoms with Gasteiger partial charge >= 0.3 is 0 Å². The lowest BCUT2D eigenvalue weighted by Crippen LogP contribution is -2.57. The minimum absolute atomic E-state index is 0.115. The summed E-state index contributed by atoms with van der Waals surface area (Å²) in [6, 6.07) is 0. The summed E-state index contributed by atoms with van der Waals surface area (Å²) in [5.41, 5.74) is 5.24. The van der Waals surface area contributed by atoms with Crippen molar-refractivity contribution in [1.29, 1.82) is 0 Å². The van der Waals surface area contributed by atoms with Crippen molar-refractivity contribution in [3.8, 4) is 0 Å². The van der Waals surface area contributed by atoms with Crippen LogP contribution in [0.25, 0.3) is 0 Å². The van der Waals surface area contributed by atoms with Crippen LogP contribution in [0.5, 0.6) is 0 Å². The highest BCUT2D eigenvalue weighted by Gasteiger charge is 2.35. The molecule has 0 saturated carbocycles. The van der Waals surface area contributed by atoms with Gasteiger partial charge < -0.3 is 25.3 Å². The van der Waals surface area contributed by atoms with Crippen LogP contribution in [0.3, 0.4) is 0 Å². The fourth-order valence-electron chi connectivity index (χ4n) is 1.62. The molecule has 1 aliphatic rings. The van der Waals surface area contributed by atoms with Gasteiger partial charge in [-0.1, -0.05) is 0 Å². The summed E-state index contributed by atoms with van der Waals surface area (Å²) in [6.45, 7) is 3.15. The molecule has 100 valence electrons. The van der Waals surface area contributed by atoms with Crippen LogP contribution in [0.4, 0.5) is 0 Å². The highest BCUT2D eigenvalue weighted by molar-refractivity contribution is 5.86. The Bertz CT molecular complexity index is 230. The summed E-state index contributed by atoms with van der Waals surface area (Å²) in [5, 5.41) is 2.78. The second kappa shape index (κ2) is 7.60. The lowest BCUT2D eigenvalue weighted by molar-refractivity contribution is -0.130. The first-order chi connectivity index (χ1) is 8.19. The molecular formula is C11H22N2O4. The summed E-state index contributed by atoms with van der Waals surface area (Å²) in [5.74, 6) is -0.115. The van der Waals surface area contributed by atoms with E-state index in [2.05, 4.69) is 5.32 Å². The van der Waals surface area contributed by atoms with Gasteiger partial charge in [-0.15, -0.1) is 0 Å². The molecule has 0 aromatic carbocycles. The minimum atomic E-state index is -0.773. The first-order valence-corrected chi connectivity index (χ1v) is 5.91. The average Bonchev–Trinajstić information content (AvgIpc) is 2.34. The molecule has 1 fully saturated rings. The van der Waals surface area contributed by atoms with Crippen molar-refractivity contribution in [2.24, 2.45) is 5.73 Å². The third-order valence-corrected chi connectivity index (χ3v) is 2.80. The number of carbonyl (C=O) groups is 1. The van der Waals surface area contributed by atoms with Crippen LogP contribution >= 0.6 is 0 Å². The smallest absolute Gasteiger partial charge is 0.240 e. The van der Waals surface area contributed by atoms with E-state index >= 15 is 0 Å². The van der Waals surface area contributed by atoms with Gasteiger partial charge in [0.1, 0.15) is 0 Å². The monoisotopic (exact) mass is 246 g/mol. The maximum atomic E-state index is 11.8. The molecule has 1 aliphatic heterocycles. The Labute approximate surface area is 102 Å². The highest BCUT2D eigenvalue weighted by atomic mass is 16.5. The largest absolute Gasteiger partial charge is 0.382 e. The number of nitrogens with two attached hydrogens (primary N) is 1. The van der Waals surface area contributed by atoms with E-state index in [9.17, 15) is 4.79 Å². The van der Waals surface area contributed by atoms with E-state index in [1.165, 1.54) is 0 Å². The molecule has 0 aromatic rings. The Balaban J connectivity index is 2.11. The second-order valence-corrected chi connectivity index (χ2v) is 4.13. The fraction of sp³-hybridized carbons (Fsp3) is 0.909. The van der Waals surface area contributed by atoms with Crippen molar-refractivity contribution < 1.29 is 19.0 Å². The highest BCUT2D eigenvalue weighted by Crippen LogP contribution is 2.17. The molecule has 0 aliphatic carbocycles. The van der Waals surface area contributed by atoms with Crippen LogP contribution in [-0.2, 0) is 19.0 Å². The standard InChI is InChI=1S/C11H22N2O4/c1-15-8-9-17-7-4-13-10(14)11(12)2-5-16-6-3-11/h2-9,12H2,1H3,(H,13,14). The Morgan fingerprint density at radius 2 is 2.06 bits per heavy atom. The van der Waals surface area contributed by atoms with Crippen molar-refractivity contribution in [2.75, 3.05) is 46.7 Å². The van der Waals surface area contributed by atoms with Gasteiger partial charge in [-0.2, -0.15) is 0 Å². The number of methoxy groups -OCH3 is 1. The van der Waals surface area contributed by atoms with E-state index in [4.69, 9.17) is 19.9 Å². The zero-order valence-corrected chi connectivity index (χ0v) is 10.4. The van der Waals surface area contributed by atoms with Crippen LogP contribution in [0.2, 0.25) is 0 Å². The van der Waals surface area contributed by atoms with Crippen LogP contribution in [0.15, 0.2) is 0 Å². The Hall–Kier alpha value is -0.690. The first kappa shape index (κ1) is 14.4. The number of carbonyl (C=O) groups excluding carboxylic acids is 1. The third kappa shape index (κ3) is 4.99. The molecule has 0 unspecified atom stereocenters. The number of amides is 1. The summed E-state index contributed by atoms with van der Waals surface area (Å²) in [4.78, 5) is 11.8. The topological polar surface area (TPSA) is 82.8 Å². The summed E-state index contributed by atoms with van der Waals surface area (Å²) in [7, 11) is 1.62. The molecule has 6 heteroatoms. The van der Waals surface area contributed by atoms with Gasteiger partial charge in [0.25, 0.3) is 0 Å². The van der Waals surface area contributed by atoms with Crippen LogP contribution in [0, 0.1) is 0 Å². The molecule has 1 amide bonds. The molecule has 0 radical (unpaired) electrons. The minimum Gasteiger partial charge on any atom is -0.382 e. The van der Waals surface area contributed by atoms with Gasteiger partial charge in [-0.25, -0.2) is 0 Å². The van der Waals surface area contributed by atoms with E-state index in [1.54, 1.807) is 7.11 Å². The predicted molar refractivity (Wildman–Crippen MR) is 62.7 cm³/mol. The number of ether oxygens (including phenoxy) is 3. The lowest BCUT2D eigenvalue weighted by Gasteiger charge is -2.31. The molecule has 0 aromatic heterocycles. The van der Waals surface area contributed by atoms with E-state index in [0.29, 0.717) is 52.4 Å². The molecular weight excluding hydrogens is 224 g/mol. The molecule has 1 rings (SSSR count). The van der Waals surface area contributed by atoms with E-state index < -0.39 is 5.54 Å². The predicted octanol–water partition coefficient (Wildman–Crippen LogP) is -0.726. The second-order valence-electron chi connectivity index (χ2n) is 4.13. The molecule has 0 atom stereocenters. The van der Waals surface area contributed by atoms with E-state index in [1.807, 2.05) is 0 Å². The molecule has 0 spiro atoms. The normalized spacial score (nSPS) is 18.9. The summed E-state index contributed by atoms with van der Waals surface area (Å²) < 4.78 is 15.3. The Morgan fingerprint density at radius 1 is 1.35 bits per heavy atom. The molecule has 1 heterocycles. The van der Waals surface area contributed by atoms with Crippen LogP contribution < -0.4 is 11.1 Å². The summed E-state index contributed by atoms with van der Waals surface area (Å²) >= 11 is 0. The van der Waals surface area contributed by atoms with Crippen molar-refractivity contribution >= 4 is 5.91 Å². The van der Waals surface area contributed by atoms with Crippen LogP contribution in [-0.4, -0.2) is 58.1 Å². The van der Waals surface area contributed by atoms with Crippen molar-refractivity contribution in [1.82, 2.24) is 5.32 Å². The number of rotatable bonds is 7. The Morgan fingerprint density at radius 3 is 2.71 bits per heavy atom. The van der Waals surface area contributed by atoms with Gasteiger partial charge in [0.2, 0.25) is 5.91 Å². The molecule has 6 nitrogen and oxygen atoms in total. The lowest BCUT2D eigenvalue weighted by atomic mass is 9.90. The zero-order valence-electron chi connectivity index (χ0n) is 10.4. The van der Waals surface area contributed by atoms with Crippen LogP contribution in [0.1, 0.15) is 12.8 Å². The van der Waals surface area contributed by atoms with Gasteiger partial charge in [0.05, 0.1) is 25.4 Å². The Kier molecular flexibility index (Phi) is 6.43. The van der Waals surface area contributed by atoms with Crippen molar-refractivity contribution in [2.45, 2.75) is 18.4 Å². The first-order valence-electron chi connectivity index (χ1n) is 5.91. The molecule has 1 saturated heterocycles.